The minimum absolute atomic E-state index is 0.0943. The third-order valence-electron chi connectivity index (χ3n) is 5.20. The van der Waals surface area contributed by atoms with Gasteiger partial charge in [0.2, 0.25) is 5.91 Å². The summed E-state index contributed by atoms with van der Waals surface area (Å²) in [6, 6.07) is 8.98. The van der Waals surface area contributed by atoms with Crippen molar-refractivity contribution in [3.63, 3.8) is 0 Å². The Morgan fingerprint density at radius 2 is 2.11 bits per heavy atom. The van der Waals surface area contributed by atoms with E-state index in [1.807, 2.05) is 6.07 Å². The molecule has 0 spiro atoms. The van der Waals surface area contributed by atoms with Gasteiger partial charge in [-0.1, -0.05) is 19.1 Å². The number of fused-ring (bicyclic) bond motifs is 2. The average molecular weight is 398 g/mol. The summed E-state index contributed by atoms with van der Waals surface area (Å²) in [4.78, 5) is 40.6. The van der Waals surface area contributed by atoms with Crippen LogP contribution in [-0.4, -0.2) is 30.4 Å². The number of benzene rings is 1. The quantitative estimate of drug-likeness (QED) is 0.804. The molecule has 0 unspecified atom stereocenters. The van der Waals surface area contributed by atoms with Crippen molar-refractivity contribution in [3.8, 4) is 0 Å². The highest BCUT2D eigenvalue weighted by atomic mass is 32.1. The van der Waals surface area contributed by atoms with E-state index in [1.165, 1.54) is 26.7 Å². The van der Waals surface area contributed by atoms with Crippen LogP contribution in [-0.2, 0) is 27.2 Å². The second-order valence-electron chi connectivity index (χ2n) is 7.44. The Balaban J connectivity index is 1.48. The molecule has 28 heavy (non-hydrogen) atoms. The van der Waals surface area contributed by atoms with Crippen LogP contribution in [0.2, 0.25) is 0 Å². The maximum absolute atomic E-state index is 12.9. The molecule has 146 valence electrons. The van der Waals surface area contributed by atoms with Crippen LogP contribution in [0.25, 0.3) is 0 Å². The minimum Gasteiger partial charge on any atom is -0.448 e. The first-order valence-electron chi connectivity index (χ1n) is 9.45. The molecule has 1 aromatic carbocycles. The van der Waals surface area contributed by atoms with Crippen molar-refractivity contribution in [2.24, 2.45) is 5.92 Å². The molecule has 2 aliphatic rings. The second kappa shape index (κ2) is 7.39. The van der Waals surface area contributed by atoms with Crippen molar-refractivity contribution < 1.29 is 19.1 Å². The molecule has 0 saturated heterocycles. The van der Waals surface area contributed by atoms with E-state index in [4.69, 9.17) is 4.74 Å². The van der Waals surface area contributed by atoms with Crippen LogP contribution in [0.4, 0.5) is 11.4 Å². The number of para-hydroxylation sites is 2. The van der Waals surface area contributed by atoms with Crippen molar-refractivity contribution in [1.82, 2.24) is 0 Å². The molecule has 4 rings (SSSR count). The molecule has 7 heteroatoms. The number of carbonyl (C=O) groups is 3. The third kappa shape index (κ3) is 3.54. The van der Waals surface area contributed by atoms with E-state index < -0.39 is 18.0 Å². The molecule has 1 aromatic heterocycles. The maximum atomic E-state index is 12.9. The van der Waals surface area contributed by atoms with Crippen molar-refractivity contribution in [2.45, 2.75) is 39.2 Å². The molecule has 2 amide bonds. The Bertz CT molecular complexity index is 952. The zero-order valence-electron chi connectivity index (χ0n) is 15.9. The van der Waals surface area contributed by atoms with Gasteiger partial charge in [0, 0.05) is 4.88 Å². The molecule has 1 N–H and O–H groups in total. The van der Waals surface area contributed by atoms with Gasteiger partial charge in [0.25, 0.3) is 5.91 Å². The van der Waals surface area contributed by atoms with Crippen LogP contribution in [0, 0.1) is 5.92 Å². The number of nitrogens with one attached hydrogen (secondary N) is 1. The number of anilines is 2. The highest BCUT2D eigenvalue weighted by Gasteiger charge is 2.32. The molecule has 0 bridgehead atoms. The van der Waals surface area contributed by atoms with Crippen LogP contribution in [0.3, 0.4) is 0 Å². The second-order valence-corrected chi connectivity index (χ2v) is 8.58. The van der Waals surface area contributed by atoms with Crippen molar-refractivity contribution >= 4 is 40.5 Å². The first-order chi connectivity index (χ1) is 13.4. The lowest BCUT2D eigenvalue weighted by atomic mass is 9.90. The zero-order chi connectivity index (χ0) is 19.8. The number of thiophene rings is 1. The first-order valence-corrected chi connectivity index (χ1v) is 10.3. The largest absolute Gasteiger partial charge is 0.448 e. The van der Waals surface area contributed by atoms with Crippen LogP contribution in [0.15, 0.2) is 30.3 Å². The van der Waals surface area contributed by atoms with Crippen LogP contribution < -0.4 is 10.2 Å². The topological polar surface area (TPSA) is 75.7 Å². The number of rotatable bonds is 3. The maximum Gasteiger partial charge on any atom is 0.349 e. The van der Waals surface area contributed by atoms with E-state index in [-0.39, 0.29) is 12.5 Å². The van der Waals surface area contributed by atoms with Crippen LogP contribution >= 0.6 is 11.3 Å². The van der Waals surface area contributed by atoms with E-state index >= 15 is 0 Å². The van der Waals surface area contributed by atoms with Gasteiger partial charge < -0.3 is 10.1 Å². The van der Waals surface area contributed by atoms with Gasteiger partial charge in [0.05, 0.1) is 11.4 Å². The lowest BCUT2D eigenvalue weighted by Crippen LogP contribution is -2.47. The normalized spacial score (nSPS) is 19.3. The predicted octanol–water partition coefficient (Wildman–Crippen LogP) is 3.40. The minimum atomic E-state index is -0.982. The highest BCUT2D eigenvalue weighted by Crippen LogP contribution is 2.33. The fraction of sp³-hybridized carbons (Fsp3) is 0.381. The number of ether oxygens (including phenoxy) is 1. The van der Waals surface area contributed by atoms with Crippen LogP contribution in [0.1, 0.15) is 40.4 Å². The average Bonchev–Trinajstić information content (AvgIpc) is 3.10. The third-order valence-corrected chi connectivity index (χ3v) is 6.42. The molecule has 1 aliphatic carbocycles. The molecule has 2 aromatic rings. The molecule has 0 fully saturated rings. The number of amides is 2. The molecule has 2 heterocycles. The van der Waals surface area contributed by atoms with Gasteiger partial charge in [-0.2, -0.15) is 0 Å². The lowest BCUT2D eigenvalue weighted by molar-refractivity contribution is -0.128. The molecular formula is C21H22N2O4S. The van der Waals surface area contributed by atoms with Gasteiger partial charge in [0.1, 0.15) is 11.4 Å². The number of hydrogen-bond acceptors (Lipinski definition) is 5. The van der Waals surface area contributed by atoms with E-state index in [1.54, 1.807) is 31.2 Å². The Labute approximate surface area is 167 Å². The Kier molecular flexibility index (Phi) is 4.93. The Hall–Kier alpha value is -2.67. The fourth-order valence-electron chi connectivity index (χ4n) is 3.72. The number of carbonyl (C=O) groups excluding carboxylic acids is 3. The summed E-state index contributed by atoms with van der Waals surface area (Å²) in [5.41, 5.74) is 2.40. The fourth-order valence-corrected chi connectivity index (χ4v) is 4.82. The molecule has 0 saturated carbocycles. The smallest absolute Gasteiger partial charge is 0.349 e. The van der Waals surface area contributed by atoms with Gasteiger partial charge in [-0.3, -0.25) is 14.5 Å². The molecular weight excluding hydrogens is 376 g/mol. The van der Waals surface area contributed by atoms with E-state index in [2.05, 4.69) is 12.2 Å². The summed E-state index contributed by atoms with van der Waals surface area (Å²) >= 11 is 1.46. The Morgan fingerprint density at radius 3 is 2.93 bits per heavy atom. The SMILES string of the molecule is C[C@H]1CCc2sc(C(=O)O[C@H](C)C(=O)N3CC(=O)Nc4ccccc43)cc2C1. The zero-order valence-corrected chi connectivity index (χ0v) is 16.7. The monoisotopic (exact) mass is 398 g/mol. The summed E-state index contributed by atoms with van der Waals surface area (Å²) in [5, 5.41) is 2.74. The van der Waals surface area contributed by atoms with Crippen LogP contribution in [0.5, 0.6) is 0 Å². The number of nitrogens with zero attached hydrogens (tertiary/aromatic N) is 1. The summed E-state index contributed by atoms with van der Waals surface area (Å²) in [5.74, 6) is -0.546. The summed E-state index contributed by atoms with van der Waals surface area (Å²) in [6.07, 6.45) is 2.12. The summed E-state index contributed by atoms with van der Waals surface area (Å²) in [7, 11) is 0. The number of aryl methyl sites for hydroxylation is 1. The highest BCUT2D eigenvalue weighted by molar-refractivity contribution is 7.14. The van der Waals surface area contributed by atoms with Crippen molar-refractivity contribution in [1.29, 1.82) is 0 Å². The van der Waals surface area contributed by atoms with Crippen molar-refractivity contribution in [3.05, 3.63) is 45.6 Å². The molecule has 1 aliphatic heterocycles. The molecule has 2 atom stereocenters. The van der Waals surface area contributed by atoms with Gasteiger partial charge >= 0.3 is 5.97 Å². The lowest BCUT2D eigenvalue weighted by Gasteiger charge is -2.30. The first kappa shape index (κ1) is 18.7. The predicted molar refractivity (Wildman–Crippen MR) is 108 cm³/mol. The number of hydrogen-bond donors (Lipinski definition) is 1. The van der Waals surface area contributed by atoms with Gasteiger partial charge in [-0.15, -0.1) is 11.3 Å². The number of esters is 1. The van der Waals surface area contributed by atoms with E-state index in [9.17, 15) is 14.4 Å². The van der Waals surface area contributed by atoms with Gasteiger partial charge in [-0.25, -0.2) is 4.79 Å². The van der Waals surface area contributed by atoms with Crippen molar-refractivity contribution in [2.75, 3.05) is 16.8 Å². The molecule has 0 radical (unpaired) electrons. The summed E-state index contributed by atoms with van der Waals surface area (Å²) in [6.45, 7) is 3.67. The van der Waals surface area contributed by atoms with Gasteiger partial charge in [0.15, 0.2) is 6.10 Å². The van der Waals surface area contributed by atoms with E-state index in [0.717, 1.165) is 19.3 Å². The van der Waals surface area contributed by atoms with Gasteiger partial charge in [-0.05, 0) is 55.9 Å². The van der Waals surface area contributed by atoms with E-state index in [0.29, 0.717) is 22.2 Å². The molecule has 6 nitrogen and oxygen atoms in total. The Morgan fingerprint density at radius 1 is 1.32 bits per heavy atom. The summed E-state index contributed by atoms with van der Waals surface area (Å²) < 4.78 is 5.45. The standard InChI is InChI=1S/C21H22N2O4S/c1-12-7-8-17-14(9-12)10-18(28-17)21(26)27-13(2)20(25)23-11-19(24)22-15-5-3-4-6-16(15)23/h3-6,10,12-13H,7-9,11H2,1-2H3,(H,22,24)/t12-,13+/m0/s1.